The van der Waals surface area contributed by atoms with Crippen molar-refractivity contribution in [2.75, 3.05) is 6.54 Å². The molecular weight excluding hydrogens is 386 g/mol. The zero-order chi connectivity index (χ0) is 21.5. The molecule has 0 radical (unpaired) electrons. The highest BCUT2D eigenvalue weighted by Crippen LogP contribution is 2.35. The van der Waals surface area contributed by atoms with Crippen LogP contribution in [0.5, 0.6) is 0 Å². The molecule has 1 aliphatic heterocycles. The van der Waals surface area contributed by atoms with Gasteiger partial charge in [-0.2, -0.15) is 5.10 Å². The quantitative estimate of drug-likeness (QED) is 0.611. The van der Waals surface area contributed by atoms with Gasteiger partial charge in [-0.25, -0.2) is 4.98 Å². The molecule has 0 saturated heterocycles. The molecule has 2 aromatic heterocycles. The molecule has 0 bridgehead atoms. The normalized spacial score (nSPS) is 15.9. The molecule has 162 valence electrons. The maximum Gasteiger partial charge on any atom is 0.227 e. The molecule has 3 heterocycles. The molecule has 1 fully saturated rings. The van der Waals surface area contributed by atoms with Crippen LogP contribution in [0.4, 0.5) is 0 Å². The fourth-order valence-electron chi connectivity index (χ4n) is 4.67. The number of nitrogens with zero attached hydrogens (tertiary/aromatic N) is 5. The van der Waals surface area contributed by atoms with Gasteiger partial charge in [0.1, 0.15) is 5.69 Å². The number of imidazole rings is 1. The molecule has 0 spiro atoms. The van der Waals surface area contributed by atoms with E-state index < -0.39 is 0 Å². The Morgan fingerprint density at radius 3 is 2.74 bits per heavy atom. The van der Waals surface area contributed by atoms with Crippen LogP contribution in [0.1, 0.15) is 47.8 Å². The fourth-order valence-corrected chi connectivity index (χ4v) is 4.67. The minimum absolute atomic E-state index is 0.188. The minimum Gasteiger partial charge on any atom is -0.338 e. The molecule has 31 heavy (non-hydrogen) atoms. The Bertz CT molecular complexity index is 1120. The van der Waals surface area contributed by atoms with Crippen LogP contribution in [-0.2, 0) is 37.3 Å². The van der Waals surface area contributed by atoms with E-state index in [0.29, 0.717) is 13.0 Å². The molecule has 6 heteroatoms. The van der Waals surface area contributed by atoms with Gasteiger partial charge >= 0.3 is 0 Å². The van der Waals surface area contributed by atoms with Crippen molar-refractivity contribution in [1.29, 1.82) is 0 Å². The average molecular weight is 418 g/mol. The summed E-state index contributed by atoms with van der Waals surface area (Å²) in [5.41, 5.74) is 6.86. The van der Waals surface area contributed by atoms with Gasteiger partial charge in [-0.1, -0.05) is 24.3 Å². The standard InChI is InChI=1S/C25H31N5O/c1-4-30-22-11-12-28(23(31)13-20-8-6-5-7-17(20)2)16-21(22)24(27-30)25-26-14-18(3)29(25)15-19-9-10-19/h5-8,14,19H,4,9-13,15-16H2,1-3H3. The molecule has 1 amide bonds. The van der Waals surface area contributed by atoms with E-state index in [1.54, 1.807) is 0 Å². The molecule has 0 unspecified atom stereocenters. The van der Waals surface area contributed by atoms with Crippen LogP contribution in [-0.4, -0.2) is 36.7 Å². The van der Waals surface area contributed by atoms with Gasteiger partial charge in [-0.05, 0) is 50.7 Å². The molecule has 1 aromatic carbocycles. The van der Waals surface area contributed by atoms with Crippen LogP contribution >= 0.6 is 0 Å². The number of carbonyl (C=O) groups excluding carboxylic acids is 1. The molecule has 2 aliphatic rings. The van der Waals surface area contributed by atoms with Crippen molar-refractivity contribution < 1.29 is 4.79 Å². The summed E-state index contributed by atoms with van der Waals surface area (Å²) in [6.45, 7) is 9.55. The number of benzene rings is 1. The molecule has 1 aliphatic carbocycles. The summed E-state index contributed by atoms with van der Waals surface area (Å²) in [6, 6.07) is 8.16. The molecule has 3 aromatic rings. The van der Waals surface area contributed by atoms with Crippen molar-refractivity contribution in [3.8, 4) is 11.5 Å². The number of aromatic nitrogens is 4. The molecule has 0 N–H and O–H groups in total. The first-order chi connectivity index (χ1) is 15.0. The van der Waals surface area contributed by atoms with E-state index in [-0.39, 0.29) is 5.91 Å². The van der Waals surface area contributed by atoms with E-state index in [4.69, 9.17) is 10.1 Å². The van der Waals surface area contributed by atoms with Crippen molar-refractivity contribution >= 4 is 5.91 Å². The van der Waals surface area contributed by atoms with Gasteiger partial charge in [-0.15, -0.1) is 0 Å². The highest BCUT2D eigenvalue weighted by molar-refractivity contribution is 5.79. The van der Waals surface area contributed by atoms with Crippen molar-refractivity contribution in [3.63, 3.8) is 0 Å². The van der Waals surface area contributed by atoms with E-state index in [0.717, 1.165) is 49.1 Å². The molecule has 6 nitrogen and oxygen atoms in total. The van der Waals surface area contributed by atoms with E-state index in [1.165, 1.54) is 35.4 Å². The summed E-state index contributed by atoms with van der Waals surface area (Å²) in [4.78, 5) is 19.9. The lowest BCUT2D eigenvalue weighted by atomic mass is 10.0. The van der Waals surface area contributed by atoms with E-state index in [9.17, 15) is 4.79 Å². The number of rotatable bonds is 6. The van der Waals surface area contributed by atoms with Crippen LogP contribution in [0.25, 0.3) is 11.5 Å². The Labute approximate surface area is 183 Å². The summed E-state index contributed by atoms with van der Waals surface area (Å²) >= 11 is 0. The topological polar surface area (TPSA) is 56.0 Å². The van der Waals surface area contributed by atoms with Gasteiger partial charge in [0.2, 0.25) is 5.91 Å². The second kappa shape index (κ2) is 7.98. The molecular formula is C25H31N5O. The summed E-state index contributed by atoms with van der Waals surface area (Å²) in [5, 5.41) is 4.97. The summed E-state index contributed by atoms with van der Waals surface area (Å²) in [6.07, 6.45) is 5.87. The number of hydrogen-bond donors (Lipinski definition) is 0. The fraction of sp³-hybridized carbons (Fsp3) is 0.480. The number of amides is 1. The average Bonchev–Trinajstić information content (AvgIpc) is 3.43. The lowest BCUT2D eigenvalue weighted by Crippen LogP contribution is -2.37. The van der Waals surface area contributed by atoms with E-state index in [1.807, 2.05) is 23.2 Å². The lowest BCUT2D eigenvalue weighted by Gasteiger charge is -2.28. The maximum atomic E-state index is 13.2. The molecule has 1 saturated carbocycles. The SMILES string of the molecule is CCn1nc(-c2ncc(C)n2CC2CC2)c2c1CCN(C(=O)Cc1ccccc1C)C2. The van der Waals surface area contributed by atoms with Crippen LogP contribution < -0.4 is 0 Å². The summed E-state index contributed by atoms with van der Waals surface area (Å²) in [7, 11) is 0. The number of aryl methyl sites for hydroxylation is 3. The minimum atomic E-state index is 0.188. The highest BCUT2D eigenvalue weighted by Gasteiger charge is 2.31. The molecule has 5 rings (SSSR count). The second-order valence-corrected chi connectivity index (χ2v) is 9.04. The third-order valence-electron chi connectivity index (χ3n) is 6.79. The maximum absolute atomic E-state index is 13.2. The van der Waals surface area contributed by atoms with Gasteiger partial charge < -0.3 is 9.47 Å². The van der Waals surface area contributed by atoms with E-state index in [2.05, 4.69) is 42.2 Å². The monoisotopic (exact) mass is 417 g/mol. The van der Waals surface area contributed by atoms with Gasteiger partial charge in [-0.3, -0.25) is 9.48 Å². The van der Waals surface area contributed by atoms with Crippen molar-refractivity contribution in [1.82, 2.24) is 24.2 Å². The summed E-state index contributed by atoms with van der Waals surface area (Å²) < 4.78 is 4.44. The van der Waals surface area contributed by atoms with Crippen LogP contribution in [0, 0.1) is 19.8 Å². The Kier molecular flexibility index (Phi) is 5.16. The van der Waals surface area contributed by atoms with Gasteiger partial charge in [0.05, 0.1) is 6.42 Å². The van der Waals surface area contributed by atoms with Crippen LogP contribution in [0.2, 0.25) is 0 Å². The number of fused-ring (bicyclic) bond motifs is 1. The Hall–Kier alpha value is -2.89. The second-order valence-electron chi connectivity index (χ2n) is 9.04. The zero-order valence-corrected chi connectivity index (χ0v) is 18.8. The first-order valence-corrected chi connectivity index (χ1v) is 11.5. The zero-order valence-electron chi connectivity index (χ0n) is 18.8. The number of carbonyl (C=O) groups is 1. The van der Waals surface area contributed by atoms with E-state index >= 15 is 0 Å². The lowest BCUT2D eigenvalue weighted by molar-refractivity contribution is -0.131. The third kappa shape index (κ3) is 3.80. The predicted molar refractivity (Wildman–Crippen MR) is 121 cm³/mol. The highest BCUT2D eigenvalue weighted by atomic mass is 16.2. The first kappa shape index (κ1) is 20.0. The Morgan fingerprint density at radius 2 is 2.00 bits per heavy atom. The summed E-state index contributed by atoms with van der Waals surface area (Å²) in [5.74, 6) is 1.91. The van der Waals surface area contributed by atoms with Crippen molar-refractivity contribution in [2.24, 2.45) is 5.92 Å². The smallest absolute Gasteiger partial charge is 0.227 e. The van der Waals surface area contributed by atoms with Gasteiger partial charge in [0, 0.05) is 55.7 Å². The Balaban J connectivity index is 1.45. The largest absolute Gasteiger partial charge is 0.338 e. The van der Waals surface area contributed by atoms with Gasteiger partial charge in [0.25, 0.3) is 0 Å². The molecule has 0 atom stereocenters. The van der Waals surface area contributed by atoms with Crippen molar-refractivity contribution in [3.05, 3.63) is 58.5 Å². The predicted octanol–water partition coefficient (Wildman–Crippen LogP) is 3.92. The third-order valence-corrected chi connectivity index (χ3v) is 6.79. The van der Waals surface area contributed by atoms with Crippen molar-refractivity contribution in [2.45, 2.75) is 66.1 Å². The van der Waals surface area contributed by atoms with Crippen LogP contribution in [0.3, 0.4) is 0 Å². The Morgan fingerprint density at radius 1 is 1.19 bits per heavy atom. The van der Waals surface area contributed by atoms with Gasteiger partial charge in [0.15, 0.2) is 5.82 Å². The number of hydrogen-bond acceptors (Lipinski definition) is 3. The first-order valence-electron chi connectivity index (χ1n) is 11.5. The van der Waals surface area contributed by atoms with Crippen LogP contribution in [0.15, 0.2) is 30.5 Å².